The zero-order valence-corrected chi connectivity index (χ0v) is 19.1. The number of likely N-dealkylation sites (N-methyl/N-ethyl adjacent to an activating group) is 1. The number of fused-ring (bicyclic) bond motifs is 2. The number of hydrogen-bond acceptors (Lipinski definition) is 6. The molecule has 3 aliphatic heterocycles. The Bertz CT molecular complexity index is 617. The number of rotatable bonds is 10. The first kappa shape index (κ1) is 22.0. The molecule has 6 heteroatoms. The number of aromatic nitrogens is 2. The summed E-state index contributed by atoms with van der Waals surface area (Å²) in [4.78, 5) is 17.3. The number of nitrogens with zero attached hydrogens (tertiary/aromatic N) is 5. The van der Waals surface area contributed by atoms with Crippen LogP contribution in [0.2, 0.25) is 0 Å². The van der Waals surface area contributed by atoms with Gasteiger partial charge in [0.1, 0.15) is 0 Å². The molecule has 2 unspecified atom stereocenters. The Morgan fingerprint density at radius 3 is 2.20 bits per heavy atom. The van der Waals surface area contributed by atoms with Gasteiger partial charge < -0.3 is 19.4 Å². The lowest BCUT2D eigenvalue weighted by Crippen LogP contribution is -2.53. The van der Waals surface area contributed by atoms with Gasteiger partial charge in [-0.2, -0.15) is 0 Å². The highest BCUT2D eigenvalue weighted by Gasteiger charge is 2.40. The minimum atomic E-state index is 0.600. The molecule has 4 heterocycles. The van der Waals surface area contributed by atoms with E-state index in [4.69, 9.17) is 14.7 Å². The molecule has 0 N–H and O–H groups in total. The van der Waals surface area contributed by atoms with E-state index in [0.29, 0.717) is 18.0 Å². The number of hydrogen-bond donors (Lipinski definition) is 0. The summed E-state index contributed by atoms with van der Waals surface area (Å²) in [5.74, 6) is 1.59. The zero-order chi connectivity index (χ0) is 20.8. The fraction of sp³-hybridized carbons (Fsp3) is 0.833. The summed E-state index contributed by atoms with van der Waals surface area (Å²) in [5, 5.41) is 0. The fourth-order valence-corrected chi connectivity index (χ4v) is 5.72. The second-order valence-corrected chi connectivity index (χ2v) is 9.71. The average Bonchev–Trinajstić information content (AvgIpc) is 3.04. The molecule has 4 rings (SSSR count). The van der Waals surface area contributed by atoms with Gasteiger partial charge in [0.25, 0.3) is 0 Å². The molecule has 0 saturated carbocycles. The van der Waals surface area contributed by atoms with Crippen LogP contribution in [0.1, 0.15) is 69.3 Å². The molecule has 0 aliphatic carbocycles. The number of piperidine rings is 1. The molecular weight excluding hydrogens is 374 g/mol. The van der Waals surface area contributed by atoms with Gasteiger partial charge in [-0.3, -0.25) is 0 Å². The van der Waals surface area contributed by atoms with Crippen LogP contribution in [0.25, 0.3) is 0 Å². The van der Waals surface area contributed by atoms with Crippen LogP contribution in [0, 0.1) is 0 Å². The average molecular weight is 416 g/mol. The summed E-state index contributed by atoms with van der Waals surface area (Å²) >= 11 is 0. The molecule has 1 aromatic heterocycles. The van der Waals surface area contributed by atoms with Crippen LogP contribution in [-0.2, 0) is 4.74 Å². The smallest absolute Gasteiger partial charge is 0.225 e. The molecule has 2 atom stereocenters. The number of ether oxygens (including phenoxy) is 1. The molecular formula is C24H41N5O. The maximum Gasteiger partial charge on any atom is 0.225 e. The first-order chi connectivity index (χ1) is 14.7. The predicted octanol–water partition coefficient (Wildman–Crippen LogP) is 3.54. The van der Waals surface area contributed by atoms with E-state index in [2.05, 4.69) is 34.1 Å². The van der Waals surface area contributed by atoms with Gasteiger partial charge in [0.15, 0.2) is 0 Å². The van der Waals surface area contributed by atoms with Crippen LogP contribution >= 0.6 is 0 Å². The van der Waals surface area contributed by atoms with Gasteiger partial charge in [-0.15, -0.1) is 0 Å². The second-order valence-electron chi connectivity index (χ2n) is 9.71. The Kier molecular flexibility index (Phi) is 7.96. The molecule has 1 aromatic rings. The van der Waals surface area contributed by atoms with E-state index in [1.165, 1.54) is 83.0 Å². The van der Waals surface area contributed by atoms with E-state index in [9.17, 15) is 0 Å². The molecule has 30 heavy (non-hydrogen) atoms. The van der Waals surface area contributed by atoms with E-state index in [0.717, 1.165) is 25.6 Å². The number of piperazine rings is 1. The quantitative estimate of drug-likeness (QED) is 0.545. The van der Waals surface area contributed by atoms with Gasteiger partial charge in [-0.25, -0.2) is 9.97 Å². The Morgan fingerprint density at radius 2 is 1.53 bits per heavy atom. The number of anilines is 1. The van der Waals surface area contributed by atoms with Crippen molar-refractivity contribution < 1.29 is 4.74 Å². The summed E-state index contributed by atoms with van der Waals surface area (Å²) in [6.45, 7) is 6.91. The van der Waals surface area contributed by atoms with Gasteiger partial charge in [0, 0.05) is 51.3 Å². The highest BCUT2D eigenvalue weighted by molar-refractivity contribution is 5.38. The van der Waals surface area contributed by atoms with E-state index in [1.807, 2.05) is 0 Å². The Labute approximate surface area is 183 Å². The van der Waals surface area contributed by atoms with E-state index in [1.54, 1.807) is 7.11 Å². The maximum atomic E-state index is 5.12. The van der Waals surface area contributed by atoms with Crippen molar-refractivity contribution in [2.75, 3.05) is 58.4 Å². The normalized spacial score (nSPS) is 25.9. The van der Waals surface area contributed by atoms with E-state index < -0.39 is 0 Å². The molecule has 0 radical (unpaired) electrons. The van der Waals surface area contributed by atoms with Gasteiger partial charge >= 0.3 is 0 Å². The summed E-state index contributed by atoms with van der Waals surface area (Å²) in [6.07, 6.45) is 15.9. The number of methoxy groups -OCH3 is 1. The van der Waals surface area contributed by atoms with Crippen LogP contribution in [0.4, 0.5) is 5.95 Å². The lowest BCUT2D eigenvalue weighted by atomic mass is 9.91. The third kappa shape index (κ3) is 5.51. The lowest BCUT2D eigenvalue weighted by molar-refractivity contribution is 0.190. The van der Waals surface area contributed by atoms with Gasteiger partial charge in [0.2, 0.25) is 5.95 Å². The molecule has 3 saturated heterocycles. The van der Waals surface area contributed by atoms with Crippen LogP contribution in [0.15, 0.2) is 12.4 Å². The van der Waals surface area contributed by atoms with Crippen LogP contribution in [-0.4, -0.2) is 85.3 Å². The Balaban J connectivity index is 1.18. The SMILES string of the molecule is COCCCCCCCN1CCC(c2cnc(N3C4CCC3CN(C)C4)nc2)CC1. The van der Waals surface area contributed by atoms with E-state index >= 15 is 0 Å². The first-order valence-electron chi connectivity index (χ1n) is 12.2. The molecule has 6 nitrogen and oxygen atoms in total. The summed E-state index contributed by atoms with van der Waals surface area (Å²) in [5.41, 5.74) is 1.35. The van der Waals surface area contributed by atoms with Crippen molar-refractivity contribution in [1.29, 1.82) is 0 Å². The van der Waals surface area contributed by atoms with Gasteiger partial charge in [-0.1, -0.05) is 19.3 Å². The predicted molar refractivity (Wildman–Crippen MR) is 122 cm³/mol. The summed E-state index contributed by atoms with van der Waals surface area (Å²) < 4.78 is 5.12. The summed E-state index contributed by atoms with van der Waals surface area (Å²) in [6, 6.07) is 1.20. The van der Waals surface area contributed by atoms with Crippen LogP contribution in [0.3, 0.4) is 0 Å². The van der Waals surface area contributed by atoms with Crippen molar-refractivity contribution in [3.05, 3.63) is 18.0 Å². The molecule has 3 aliphatic rings. The van der Waals surface area contributed by atoms with Crippen molar-refractivity contribution in [2.45, 2.75) is 75.8 Å². The van der Waals surface area contributed by atoms with Crippen molar-refractivity contribution >= 4 is 5.95 Å². The van der Waals surface area contributed by atoms with Crippen LogP contribution < -0.4 is 4.90 Å². The zero-order valence-electron chi connectivity index (χ0n) is 19.1. The third-order valence-electron chi connectivity index (χ3n) is 7.44. The summed E-state index contributed by atoms with van der Waals surface area (Å²) in [7, 11) is 4.03. The van der Waals surface area contributed by atoms with Crippen LogP contribution in [0.5, 0.6) is 0 Å². The van der Waals surface area contributed by atoms with Crippen molar-refractivity contribution in [3.63, 3.8) is 0 Å². The Hall–Kier alpha value is -1.24. The topological polar surface area (TPSA) is 44.7 Å². The Morgan fingerprint density at radius 1 is 0.900 bits per heavy atom. The van der Waals surface area contributed by atoms with Crippen molar-refractivity contribution in [1.82, 2.24) is 19.8 Å². The van der Waals surface area contributed by atoms with Crippen molar-refractivity contribution in [3.8, 4) is 0 Å². The monoisotopic (exact) mass is 415 g/mol. The minimum Gasteiger partial charge on any atom is -0.385 e. The highest BCUT2D eigenvalue weighted by Crippen LogP contribution is 2.33. The lowest BCUT2D eigenvalue weighted by Gasteiger charge is -2.39. The minimum absolute atomic E-state index is 0.600. The fourth-order valence-electron chi connectivity index (χ4n) is 5.72. The molecule has 168 valence electrons. The van der Waals surface area contributed by atoms with Crippen molar-refractivity contribution in [2.24, 2.45) is 0 Å². The number of likely N-dealkylation sites (tertiary alicyclic amines) is 2. The van der Waals surface area contributed by atoms with Gasteiger partial charge in [-0.05, 0) is 76.7 Å². The molecule has 0 spiro atoms. The molecule has 0 aromatic carbocycles. The maximum absolute atomic E-state index is 5.12. The largest absolute Gasteiger partial charge is 0.385 e. The molecule has 2 bridgehead atoms. The third-order valence-corrected chi connectivity index (χ3v) is 7.44. The highest BCUT2D eigenvalue weighted by atomic mass is 16.5. The number of unbranched alkanes of at least 4 members (excludes halogenated alkanes) is 4. The standard InChI is InChI=1S/C24H41N5O/c1-27-18-22-8-9-23(19-27)29(22)24-25-16-21(17-26-24)20-10-13-28(14-11-20)12-6-4-3-5-7-15-30-2/h16-17,20,22-23H,3-15,18-19H2,1-2H3. The second kappa shape index (κ2) is 10.9. The van der Waals surface area contributed by atoms with E-state index in [-0.39, 0.29) is 0 Å². The van der Waals surface area contributed by atoms with Gasteiger partial charge in [0.05, 0.1) is 0 Å². The molecule has 0 amide bonds. The first-order valence-corrected chi connectivity index (χ1v) is 12.2. The molecule has 3 fully saturated rings.